The van der Waals surface area contributed by atoms with Crippen molar-refractivity contribution in [2.75, 3.05) is 11.9 Å². The summed E-state index contributed by atoms with van der Waals surface area (Å²) in [5, 5.41) is 7.39. The van der Waals surface area contributed by atoms with Crippen molar-refractivity contribution in [1.29, 1.82) is 0 Å². The molecule has 0 spiro atoms. The molecule has 2 rings (SSSR count). The van der Waals surface area contributed by atoms with Crippen LogP contribution >= 0.6 is 0 Å². The third kappa shape index (κ3) is 3.82. The van der Waals surface area contributed by atoms with E-state index >= 15 is 0 Å². The lowest BCUT2D eigenvalue weighted by molar-refractivity contribution is -0.125. The van der Waals surface area contributed by atoms with Crippen LogP contribution in [0.15, 0.2) is 24.3 Å². The standard InChI is InChI=1S/C18H27N5O/c1-5-18(6-2,12-19)17(24)21-16-9-7-8-15(10-16)11-23-14(4)20-13(3)22-23/h7-10H,5-6,11-12,19H2,1-4H3,(H,21,24). The van der Waals surface area contributed by atoms with Gasteiger partial charge >= 0.3 is 0 Å². The molecule has 6 heteroatoms. The summed E-state index contributed by atoms with van der Waals surface area (Å²) in [6, 6.07) is 7.82. The number of nitrogens with one attached hydrogen (secondary N) is 1. The van der Waals surface area contributed by atoms with Gasteiger partial charge in [-0.3, -0.25) is 4.79 Å². The number of benzene rings is 1. The summed E-state index contributed by atoms with van der Waals surface area (Å²) < 4.78 is 1.86. The number of carbonyl (C=O) groups excluding carboxylic acids is 1. The number of hydrogen-bond donors (Lipinski definition) is 2. The molecule has 1 aromatic heterocycles. The number of aryl methyl sites for hydroxylation is 2. The lowest BCUT2D eigenvalue weighted by Gasteiger charge is -2.28. The lowest BCUT2D eigenvalue weighted by Crippen LogP contribution is -2.41. The molecule has 0 fully saturated rings. The van der Waals surface area contributed by atoms with Gasteiger partial charge in [0.05, 0.1) is 12.0 Å². The van der Waals surface area contributed by atoms with Gasteiger partial charge in [-0.15, -0.1) is 0 Å². The van der Waals surface area contributed by atoms with Crippen LogP contribution in [0.3, 0.4) is 0 Å². The Morgan fingerprint density at radius 3 is 2.54 bits per heavy atom. The molecule has 1 heterocycles. The van der Waals surface area contributed by atoms with E-state index in [9.17, 15) is 4.79 Å². The highest BCUT2D eigenvalue weighted by Crippen LogP contribution is 2.27. The van der Waals surface area contributed by atoms with E-state index in [-0.39, 0.29) is 5.91 Å². The summed E-state index contributed by atoms with van der Waals surface area (Å²) in [5.74, 6) is 1.62. The molecule has 3 N–H and O–H groups in total. The fourth-order valence-electron chi connectivity index (χ4n) is 2.85. The van der Waals surface area contributed by atoms with Crippen molar-refractivity contribution in [2.45, 2.75) is 47.1 Å². The molecule has 2 aromatic rings. The number of anilines is 1. The van der Waals surface area contributed by atoms with E-state index in [2.05, 4.69) is 15.4 Å². The van der Waals surface area contributed by atoms with Crippen molar-refractivity contribution in [2.24, 2.45) is 11.1 Å². The number of hydrogen-bond acceptors (Lipinski definition) is 4. The quantitative estimate of drug-likeness (QED) is 0.817. The van der Waals surface area contributed by atoms with E-state index in [1.165, 1.54) is 0 Å². The maximum atomic E-state index is 12.6. The highest BCUT2D eigenvalue weighted by atomic mass is 16.2. The van der Waals surface area contributed by atoms with Gasteiger partial charge in [0.2, 0.25) is 5.91 Å². The number of rotatable bonds is 7. The van der Waals surface area contributed by atoms with Gasteiger partial charge < -0.3 is 11.1 Å². The second kappa shape index (κ2) is 7.57. The summed E-state index contributed by atoms with van der Waals surface area (Å²) in [5.41, 5.74) is 7.20. The fourth-order valence-corrected chi connectivity index (χ4v) is 2.85. The number of nitrogens with two attached hydrogens (primary N) is 1. The van der Waals surface area contributed by atoms with E-state index in [1.54, 1.807) is 0 Å². The minimum absolute atomic E-state index is 0.0140. The smallest absolute Gasteiger partial charge is 0.231 e. The molecular formula is C18H27N5O. The molecule has 1 amide bonds. The van der Waals surface area contributed by atoms with Crippen LogP contribution in [0.2, 0.25) is 0 Å². The molecule has 0 bridgehead atoms. The summed E-state index contributed by atoms with van der Waals surface area (Å²) >= 11 is 0. The van der Waals surface area contributed by atoms with Gasteiger partial charge in [-0.1, -0.05) is 26.0 Å². The Hall–Kier alpha value is -2.21. The molecule has 0 aliphatic carbocycles. The Morgan fingerprint density at radius 1 is 1.29 bits per heavy atom. The van der Waals surface area contributed by atoms with Crippen LogP contribution in [0.1, 0.15) is 43.9 Å². The van der Waals surface area contributed by atoms with Crippen molar-refractivity contribution in [1.82, 2.24) is 14.8 Å². The molecule has 0 atom stereocenters. The zero-order valence-electron chi connectivity index (χ0n) is 15.0. The van der Waals surface area contributed by atoms with Gasteiger partial charge in [-0.2, -0.15) is 5.10 Å². The zero-order chi connectivity index (χ0) is 17.7. The van der Waals surface area contributed by atoms with Crippen LogP contribution < -0.4 is 11.1 Å². The Bertz CT molecular complexity index is 695. The van der Waals surface area contributed by atoms with Gasteiger partial charge in [0.25, 0.3) is 0 Å². The molecule has 0 saturated heterocycles. The summed E-state index contributed by atoms with van der Waals surface area (Å²) in [4.78, 5) is 16.9. The van der Waals surface area contributed by atoms with E-state index in [4.69, 9.17) is 5.73 Å². The first-order chi connectivity index (χ1) is 11.4. The Labute approximate surface area is 143 Å². The van der Waals surface area contributed by atoms with Gasteiger partial charge in [0, 0.05) is 12.2 Å². The van der Waals surface area contributed by atoms with Crippen molar-refractivity contribution >= 4 is 11.6 Å². The maximum absolute atomic E-state index is 12.6. The summed E-state index contributed by atoms with van der Waals surface area (Å²) in [6.07, 6.45) is 1.45. The van der Waals surface area contributed by atoms with E-state index in [0.29, 0.717) is 13.1 Å². The molecule has 130 valence electrons. The second-order valence-electron chi connectivity index (χ2n) is 6.21. The molecule has 1 aromatic carbocycles. The predicted octanol–water partition coefficient (Wildman–Crippen LogP) is 2.65. The first kappa shape index (κ1) is 18.1. The van der Waals surface area contributed by atoms with Crippen LogP contribution in [0.25, 0.3) is 0 Å². The van der Waals surface area contributed by atoms with Crippen LogP contribution in [0.4, 0.5) is 5.69 Å². The average Bonchev–Trinajstić information content (AvgIpc) is 2.87. The molecule has 6 nitrogen and oxygen atoms in total. The number of nitrogens with zero attached hydrogens (tertiary/aromatic N) is 3. The predicted molar refractivity (Wildman–Crippen MR) is 95.7 cm³/mol. The van der Waals surface area contributed by atoms with E-state index in [1.807, 2.05) is 56.6 Å². The van der Waals surface area contributed by atoms with Crippen molar-refractivity contribution in [3.8, 4) is 0 Å². The first-order valence-electron chi connectivity index (χ1n) is 8.42. The largest absolute Gasteiger partial charge is 0.329 e. The van der Waals surface area contributed by atoms with Crippen LogP contribution in [-0.4, -0.2) is 27.2 Å². The van der Waals surface area contributed by atoms with Crippen LogP contribution in [0.5, 0.6) is 0 Å². The number of carbonyl (C=O) groups is 1. The molecular weight excluding hydrogens is 302 g/mol. The minimum Gasteiger partial charge on any atom is -0.329 e. The lowest BCUT2D eigenvalue weighted by atomic mass is 9.81. The molecule has 0 aliphatic heterocycles. The van der Waals surface area contributed by atoms with Crippen LogP contribution in [0, 0.1) is 19.3 Å². The van der Waals surface area contributed by atoms with E-state index in [0.717, 1.165) is 35.7 Å². The SMILES string of the molecule is CCC(CC)(CN)C(=O)Nc1cccc(Cn2nc(C)nc2C)c1. The van der Waals surface area contributed by atoms with Gasteiger partial charge in [-0.25, -0.2) is 9.67 Å². The Kier molecular flexibility index (Phi) is 5.72. The van der Waals surface area contributed by atoms with Crippen LogP contribution in [-0.2, 0) is 11.3 Å². The number of amides is 1. The second-order valence-corrected chi connectivity index (χ2v) is 6.21. The highest BCUT2D eigenvalue weighted by molar-refractivity contribution is 5.95. The topological polar surface area (TPSA) is 85.8 Å². The summed E-state index contributed by atoms with van der Waals surface area (Å²) in [6.45, 7) is 8.79. The average molecular weight is 329 g/mol. The molecule has 24 heavy (non-hydrogen) atoms. The van der Waals surface area contributed by atoms with Gasteiger partial charge in [0.1, 0.15) is 11.6 Å². The van der Waals surface area contributed by atoms with E-state index < -0.39 is 5.41 Å². The fraction of sp³-hybridized carbons (Fsp3) is 0.500. The van der Waals surface area contributed by atoms with Crippen molar-refractivity contribution < 1.29 is 4.79 Å². The molecule has 0 unspecified atom stereocenters. The molecule has 0 aliphatic rings. The van der Waals surface area contributed by atoms with Crippen molar-refractivity contribution in [3.63, 3.8) is 0 Å². The Balaban J connectivity index is 2.15. The Morgan fingerprint density at radius 2 is 2.00 bits per heavy atom. The minimum atomic E-state index is -0.504. The third-order valence-electron chi connectivity index (χ3n) is 4.71. The third-order valence-corrected chi connectivity index (χ3v) is 4.71. The zero-order valence-corrected chi connectivity index (χ0v) is 15.0. The molecule has 0 saturated carbocycles. The number of aromatic nitrogens is 3. The maximum Gasteiger partial charge on any atom is 0.231 e. The monoisotopic (exact) mass is 329 g/mol. The van der Waals surface area contributed by atoms with Gasteiger partial charge in [-0.05, 0) is 44.4 Å². The molecule has 0 radical (unpaired) electrons. The summed E-state index contributed by atoms with van der Waals surface area (Å²) in [7, 11) is 0. The van der Waals surface area contributed by atoms with Gasteiger partial charge in [0.15, 0.2) is 0 Å². The van der Waals surface area contributed by atoms with Crippen molar-refractivity contribution in [3.05, 3.63) is 41.5 Å². The highest BCUT2D eigenvalue weighted by Gasteiger charge is 2.33. The normalized spacial score (nSPS) is 11.5. The first-order valence-corrected chi connectivity index (χ1v) is 8.42.